The molecule has 0 spiro atoms. The van der Waals surface area contributed by atoms with Crippen LogP contribution in [-0.4, -0.2) is 45.9 Å². The quantitative estimate of drug-likeness (QED) is 0.451. The molecule has 1 saturated carbocycles. The molecule has 0 aromatic carbocycles. The van der Waals surface area contributed by atoms with Crippen LogP contribution in [0.2, 0.25) is 0 Å². The third kappa shape index (κ3) is 3.51. The Morgan fingerprint density at radius 2 is 1.72 bits per heavy atom. The number of carbonyl (C=O) groups excluding carboxylic acids is 2. The molecule has 0 aromatic rings. The van der Waals surface area contributed by atoms with Crippen LogP contribution in [-0.2, 0) is 19.1 Å². The molecule has 18 heavy (non-hydrogen) atoms. The maximum Gasteiger partial charge on any atom is 0.345 e. The molecule has 0 heterocycles. The summed E-state index contributed by atoms with van der Waals surface area (Å²) in [4.78, 5) is 33.7. The van der Waals surface area contributed by atoms with Gasteiger partial charge in [0.15, 0.2) is 6.10 Å². The average molecular weight is 260 g/mol. The van der Waals surface area contributed by atoms with E-state index in [1.165, 1.54) is 0 Å². The van der Waals surface area contributed by atoms with Crippen molar-refractivity contribution in [3.63, 3.8) is 0 Å². The van der Waals surface area contributed by atoms with Crippen LogP contribution in [0.25, 0.3) is 0 Å². The summed E-state index contributed by atoms with van der Waals surface area (Å²) in [5.74, 6) is -5.01. The number of carbonyl (C=O) groups is 3. The first-order valence-electron chi connectivity index (χ1n) is 5.74. The van der Waals surface area contributed by atoms with Crippen LogP contribution >= 0.6 is 0 Å². The Labute approximate surface area is 103 Å². The molecular formula is C11H16O7. The topological polar surface area (TPSA) is 121 Å². The van der Waals surface area contributed by atoms with Crippen molar-refractivity contribution in [3.8, 4) is 0 Å². The number of esters is 2. The second kappa shape index (κ2) is 6.46. The van der Waals surface area contributed by atoms with Crippen molar-refractivity contribution in [1.29, 1.82) is 0 Å². The largest absolute Gasteiger partial charge is 0.481 e. The second-order valence-corrected chi connectivity index (χ2v) is 4.27. The summed E-state index contributed by atoms with van der Waals surface area (Å²) in [5.41, 5.74) is 0. The molecule has 7 nitrogen and oxygen atoms in total. The van der Waals surface area contributed by atoms with Gasteiger partial charge in [-0.2, -0.15) is 0 Å². The highest BCUT2D eigenvalue weighted by Gasteiger charge is 2.38. The SMILES string of the molecule is O=C(OC(=O)C1CCCCC1C(=O)O)C(O)CO. The Balaban J connectivity index is 2.64. The Hall–Kier alpha value is -1.47. The van der Waals surface area contributed by atoms with Gasteiger partial charge in [0.1, 0.15) is 0 Å². The molecule has 102 valence electrons. The van der Waals surface area contributed by atoms with E-state index in [0.29, 0.717) is 25.7 Å². The van der Waals surface area contributed by atoms with E-state index in [-0.39, 0.29) is 0 Å². The van der Waals surface area contributed by atoms with E-state index >= 15 is 0 Å². The lowest BCUT2D eigenvalue weighted by Crippen LogP contribution is -2.37. The van der Waals surface area contributed by atoms with E-state index in [1.807, 2.05) is 0 Å². The number of aliphatic carboxylic acids is 1. The maximum atomic E-state index is 11.6. The number of aliphatic hydroxyl groups is 2. The van der Waals surface area contributed by atoms with Crippen molar-refractivity contribution in [2.75, 3.05) is 6.61 Å². The van der Waals surface area contributed by atoms with Crippen molar-refractivity contribution in [1.82, 2.24) is 0 Å². The van der Waals surface area contributed by atoms with Crippen molar-refractivity contribution in [2.24, 2.45) is 11.8 Å². The van der Waals surface area contributed by atoms with Gasteiger partial charge in [0.05, 0.1) is 18.4 Å². The normalized spacial score (nSPS) is 25.2. The summed E-state index contributed by atoms with van der Waals surface area (Å²) in [5, 5.41) is 26.4. The summed E-state index contributed by atoms with van der Waals surface area (Å²) in [6.45, 7) is -0.848. The van der Waals surface area contributed by atoms with E-state index < -0.39 is 42.5 Å². The first-order chi connectivity index (χ1) is 8.47. The highest BCUT2D eigenvalue weighted by Crippen LogP contribution is 2.31. The first-order valence-corrected chi connectivity index (χ1v) is 5.74. The summed E-state index contributed by atoms with van der Waals surface area (Å²) < 4.78 is 4.37. The number of ether oxygens (including phenoxy) is 1. The van der Waals surface area contributed by atoms with Gasteiger partial charge < -0.3 is 20.1 Å². The first kappa shape index (κ1) is 14.6. The van der Waals surface area contributed by atoms with Crippen LogP contribution < -0.4 is 0 Å². The number of rotatable bonds is 4. The zero-order valence-electron chi connectivity index (χ0n) is 9.74. The molecule has 0 amide bonds. The molecule has 0 radical (unpaired) electrons. The second-order valence-electron chi connectivity index (χ2n) is 4.27. The summed E-state index contributed by atoms with van der Waals surface area (Å²) >= 11 is 0. The lowest BCUT2D eigenvalue weighted by atomic mass is 9.79. The summed E-state index contributed by atoms with van der Waals surface area (Å²) in [6, 6.07) is 0. The van der Waals surface area contributed by atoms with Crippen molar-refractivity contribution < 1.29 is 34.4 Å². The van der Waals surface area contributed by atoms with Gasteiger partial charge in [0.2, 0.25) is 0 Å². The molecule has 3 N–H and O–H groups in total. The lowest BCUT2D eigenvalue weighted by molar-refractivity contribution is -0.173. The molecule has 3 atom stereocenters. The van der Waals surface area contributed by atoms with E-state index in [2.05, 4.69) is 4.74 Å². The summed E-state index contributed by atoms with van der Waals surface area (Å²) in [7, 11) is 0. The Morgan fingerprint density at radius 3 is 2.22 bits per heavy atom. The van der Waals surface area contributed by atoms with Crippen LogP contribution in [0.1, 0.15) is 25.7 Å². The Kier molecular flexibility index (Phi) is 5.24. The van der Waals surface area contributed by atoms with Gasteiger partial charge in [0.25, 0.3) is 0 Å². The number of hydrogen-bond acceptors (Lipinski definition) is 6. The third-order valence-corrected chi connectivity index (χ3v) is 3.03. The van der Waals surface area contributed by atoms with Crippen LogP contribution in [0.4, 0.5) is 0 Å². The minimum atomic E-state index is -1.78. The summed E-state index contributed by atoms with van der Waals surface area (Å²) in [6.07, 6.45) is 0.346. The number of carboxylic acid groups (broad SMARTS) is 1. The van der Waals surface area contributed by atoms with Crippen molar-refractivity contribution >= 4 is 17.9 Å². The van der Waals surface area contributed by atoms with Gasteiger partial charge in [-0.05, 0) is 12.8 Å². The number of aliphatic hydroxyl groups excluding tert-OH is 2. The van der Waals surface area contributed by atoms with E-state index in [1.54, 1.807) is 0 Å². The molecule has 1 fully saturated rings. The Bertz CT molecular complexity index is 338. The predicted octanol–water partition coefficient (Wildman–Crippen LogP) is -0.700. The molecule has 3 unspecified atom stereocenters. The maximum absolute atomic E-state index is 11.6. The number of carboxylic acids is 1. The van der Waals surface area contributed by atoms with Crippen LogP contribution in [0.3, 0.4) is 0 Å². The van der Waals surface area contributed by atoms with Crippen LogP contribution in [0, 0.1) is 11.8 Å². The molecule has 1 aliphatic carbocycles. The van der Waals surface area contributed by atoms with Gasteiger partial charge >= 0.3 is 17.9 Å². The van der Waals surface area contributed by atoms with Crippen molar-refractivity contribution in [3.05, 3.63) is 0 Å². The monoisotopic (exact) mass is 260 g/mol. The molecule has 1 aliphatic rings. The standard InChI is InChI=1S/C11H16O7/c12-5-8(13)11(17)18-10(16)7-4-2-1-3-6(7)9(14)15/h6-8,12-13H,1-5H2,(H,14,15). The molecule has 0 saturated heterocycles. The van der Waals surface area contributed by atoms with E-state index in [0.717, 1.165) is 0 Å². The van der Waals surface area contributed by atoms with Gasteiger partial charge in [-0.3, -0.25) is 9.59 Å². The average Bonchev–Trinajstić information content (AvgIpc) is 2.37. The van der Waals surface area contributed by atoms with Crippen molar-refractivity contribution in [2.45, 2.75) is 31.8 Å². The highest BCUT2D eigenvalue weighted by atomic mass is 16.6. The fourth-order valence-electron chi connectivity index (χ4n) is 2.03. The van der Waals surface area contributed by atoms with Crippen LogP contribution in [0.15, 0.2) is 0 Å². The molecule has 7 heteroatoms. The zero-order valence-corrected chi connectivity index (χ0v) is 9.74. The number of hydrogen-bond donors (Lipinski definition) is 3. The fraction of sp³-hybridized carbons (Fsp3) is 0.727. The van der Waals surface area contributed by atoms with E-state index in [4.69, 9.17) is 15.3 Å². The minimum Gasteiger partial charge on any atom is -0.481 e. The fourth-order valence-corrected chi connectivity index (χ4v) is 2.03. The van der Waals surface area contributed by atoms with Gasteiger partial charge in [-0.15, -0.1) is 0 Å². The predicted molar refractivity (Wildman–Crippen MR) is 57.3 cm³/mol. The van der Waals surface area contributed by atoms with Gasteiger partial charge in [-0.25, -0.2) is 4.79 Å². The molecule has 0 aromatic heterocycles. The van der Waals surface area contributed by atoms with E-state index in [9.17, 15) is 14.4 Å². The van der Waals surface area contributed by atoms with Crippen LogP contribution in [0.5, 0.6) is 0 Å². The molecule has 0 aliphatic heterocycles. The Morgan fingerprint density at radius 1 is 1.17 bits per heavy atom. The lowest BCUT2D eigenvalue weighted by Gasteiger charge is -2.26. The third-order valence-electron chi connectivity index (χ3n) is 3.03. The van der Waals surface area contributed by atoms with Gasteiger partial charge in [0, 0.05) is 0 Å². The highest BCUT2D eigenvalue weighted by molar-refractivity contribution is 5.91. The zero-order chi connectivity index (χ0) is 13.7. The smallest absolute Gasteiger partial charge is 0.345 e. The molecule has 0 bridgehead atoms. The van der Waals surface area contributed by atoms with Gasteiger partial charge in [-0.1, -0.05) is 12.8 Å². The minimum absolute atomic E-state index is 0.346. The molecule has 1 rings (SSSR count). The molecular weight excluding hydrogens is 244 g/mol.